The molecule has 1 aromatic heterocycles. The molecule has 1 fully saturated rings. The molecule has 0 radical (unpaired) electrons. The molecule has 1 aromatic rings. The summed E-state index contributed by atoms with van der Waals surface area (Å²) in [5.41, 5.74) is 6.90. The summed E-state index contributed by atoms with van der Waals surface area (Å²) in [7, 11) is 1.65. The summed E-state index contributed by atoms with van der Waals surface area (Å²) in [6.45, 7) is 0. The second-order valence-electron chi connectivity index (χ2n) is 4.37. The lowest BCUT2D eigenvalue weighted by atomic mass is 9.92. The Kier molecular flexibility index (Phi) is 3.62. The molecule has 0 spiro atoms. The average molecular weight is 221 g/mol. The fraction of sp³-hybridized carbons (Fsp3) is 0.583. The molecule has 1 aliphatic rings. The van der Waals surface area contributed by atoms with Crippen molar-refractivity contribution in [3.63, 3.8) is 0 Å². The van der Waals surface area contributed by atoms with E-state index in [1.807, 2.05) is 12.3 Å². The van der Waals surface area contributed by atoms with Gasteiger partial charge in [0.15, 0.2) is 0 Å². The van der Waals surface area contributed by atoms with Gasteiger partial charge < -0.3 is 15.8 Å². The van der Waals surface area contributed by atoms with Gasteiger partial charge in [-0.05, 0) is 25.7 Å². The van der Waals surface area contributed by atoms with Crippen molar-refractivity contribution in [1.82, 2.24) is 4.98 Å². The molecule has 0 atom stereocenters. The Bertz CT molecular complexity index is 335. The summed E-state index contributed by atoms with van der Waals surface area (Å²) in [5, 5.41) is 3.48. The van der Waals surface area contributed by atoms with E-state index in [1.165, 1.54) is 0 Å². The van der Waals surface area contributed by atoms with Gasteiger partial charge in [-0.15, -0.1) is 0 Å². The van der Waals surface area contributed by atoms with Crippen LogP contribution in [-0.4, -0.2) is 24.2 Å². The van der Waals surface area contributed by atoms with Crippen molar-refractivity contribution in [2.24, 2.45) is 5.73 Å². The van der Waals surface area contributed by atoms with Crippen LogP contribution in [0.3, 0.4) is 0 Å². The molecule has 2 rings (SSSR count). The van der Waals surface area contributed by atoms with Crippen LogP contribution < -0.4 is 15.8 Å². The molecule has 4 nitrogen and oxygen atoms in total. The van der Waals surface area contributed by atoms with Gasteiger partial charge in [0.1, 0.15) is 5.75 Å². The largest absolute Gasteiger partial charge is 0.495 e. The number of rotatable bonds is 3. The van der Waals surface area contributed by atoms with E-state index in [4.69, 9.17) is 10.5 Å². The number of nitrogens with zero attached hydrogens (tertiary/aromatic N) is 1. The van der Waals surface area contributed by atoms with Crippen molar-refractivity contribution < 1.29 is 4.74 Å². The molecule has 16 heavy (non-hydrogen) atoms. The lowest BCUT2D eigenvalue weighted by Crippen LogP contribution is -2.32. The second-order valence-corrected chi connectivity index (χ2v) is 4.37. The minimum absolute atomic E-state index is 0.390. The molecule has 0 amide bonds. The van der Waals surface area contributed by atoms with Crippen LogP contribution in [0.25, 0.3) is 0 Å². The number of ether oxygens (including phenoxy) is 1. The fourth-order valence-corrected chi connectivity index (χ4v) is 2.11. The Hall–Kier alpha value is -1.29. The van der Waals surface area contributed by atoms with Gasteiger partial charge in [0, 0.05) is 18.2 Å². The highest BCUT2D eigenvalue weighted by Gasteiger charge is 2.18. The first-order valence-electron chi connectivity index (χ1n) is 5.79. The first kappa shape index (κ1) is 11.2. The van der Waals surface area contributed by atoms with Crippen LogP contribution in [0.2, 0.25) is 0 Å². The number of hydrogen-bond donors (Lipinski definition) is 2. The minimum atomic E-state index is 0.390. The Balaban J connectivity index is 1.93. The predicted molar refractivity (Wildman–Crippen MR) is 64.6 cm³/mol. The molecule has 0 bridgehead atoms. The lowest BCUT2D eigenvalue weighted by molar-refractivity contribution is 0.407. The molecular formula is C12H19N3O. The van der Waals surface area contributed by atoms with Gasteiger partial charge in [-0.25, -0.2) is 0 Å². The minimum Gasteiger partial charge on any atom is -0.495 e. The molecule has 1 heterocycles. The van der Waals surface area contributed by atoms with Crippen LogP contribution in [0.4, 0.5) is 5.69 Å². The third-order valence-corrected chi connectivity index (χ3v) is 3.09. The van der Waals surface area contributed by atoms with E-state index in [-0.39, 0.29) is 0 Å². The predicted octanol–water partition coefficient (Wildman–Crippen LogP) is 1.77. The first-order valence-corrected chi connectivity index (χ1v) is 5.79. The zero-order chi connectivity index (χ0) is 11.4. The molecular weight excluding hydrogens is 202 g/mol. The van der Waals surface area contributed by atoms with E-state index < -0.39 is 0 Å². The van der Waals surface area contributed by atoms with Crippen molar-refractivity contribution in [2.45, 2.75) is 37.8 Å². The van der Waals surface area contributed by atoms with Gasteiger partial charge in [0.25, 0.3) is 0 Å². The van der Waals surface area contributed by atoms with E-state index in [2.05, 4.69) is 10.3 Å². The summed E-state index contributed by atoms with van der Waals surface area (Å²) < 4.78 is 5.14. The molecule has 1 saturated carbocycles. The Morgan fingerprint density at radius 3 is 2.75 bits per heavy atom. The van der Waals surface area contributed by atoms with Gasteiger partial charge in [-0.2, -0.15) is 0 Å². The van der Waals surface area contributed by atoms with Gasteiger partial charge in [0.05, 0.1) is 25.2 Å². The van der Waals surface area contributed by atoms with E-state index in [9.17, 15) is 0 Å². The average Bonchev–Trinajstić information content (AvgIpc) is 2.32. The highest BCUT2D eigenvalue weighted by Crippen LogP contribution is 2.22. The summed E-state index contributed by atoms with van der Waals surface area (Å²) in [5.74, 6) is 0.789. The van der Waals surface area contributed by atoms with Crippen molar-refractivity contribution in [1.29, 1.82) is 0 Å². The van der Waals surface area contributed by atoms with Crippen LogP contribution in [0.5, 0.6) is 5.75 Å². The van der Waals surface area contributed by atoms with Crippen molar-refractivity contribution in [3.05, 3.63) is 18.5 Å². The molecule has 4 heteroatoms. The number of aromatic nitrogens is 1. The fourth-order valence-electron chi connectivity index (χ4n) is 2.11. The van der Waals surface area contributed by atoms with Gasteiger partial charge >= 0.3 is 0 Å². The van der Waals surface area contributed by atoms with Gasteiger partial charge in [-0.1, -0.05) is 0 Å². The monoisotopic (exact) mass is 221 g/mol. The quantitative estimate of drug-likeness (QED) is 0.816. The molecule has 0 aliphatic heterocycles. The summed E-state index contributed by atoms with van der Waals surface area (Å²) in [4.78, 5) is 4.12. The van der Waals surface area contributed by atoms with Crippen molar-refractivity contribution in [2.75, 3.05) is 12.4 Å². The molecule has 0 aromatic carbocycles. The van der Waals surface area contributed by atoms with Gasteiger partial charge in [0.2, 0.25) is 0 Å². The lowest BCUT2D eigenvalue weighted by Gasteiger charge is -2.27. The standard InChI is InChI=1S/C12H19N3O/c1-16-12-6-11(7-14-8-12)15-10-4-2-9(13)3-5-10/h6-10,15H,2-5,13H2,1H3. The van der Waals surface area contributed by atoms with Crippen molar-refractivity contribution >= 4 is 5.69 Å². The summed E-state index contributed by atoms with van der Waals surface area (Å²) >= 11 is 0. The van der Waals surface area contributed by atoms with E-state index >= 15 is 0 Å². The Labute approximate surface area is 96.2 Å². The molecule has 0 unspecified atom stereocenters. The first-order chi connectivity index (χ1) is 7.78. The number of hydrogen-bond acceptors (Lipinski definition) is 4. The zero-order valence-corrected chi connectivity index (χ0v) is 9.65. The number of pyridine rings is 1. The van der Waals surface area contributed by atoms with E-state index in [0.29, 0.717) is 12.1 Å². The van der Waals surface area contributed by atoms with Crippen molar-refractivity contribution in [3.8, 4) is 5.75 Å². The maximum atomic E-state index is 5.88. The Morgan fingerprint density at radius 1 is 1.31 bits per heavy atom. The number of nitrogens with two attached hydrogens (primary N) is 1. The maximum Gasteiger partial charge on any atom is 0.139 e. The number of anilines is 1. The van der Waals surface area contributed by atoms with E-state index in [1.54, 1.807) is 13.3 Å². The zero-order valence-electron chi connectivity index (χ0n) is 9.65. The van der Waals surface area contributed by atoms with Crippen LogP contribution in [-0.2, 0) is 0 Å². The third-order valence-electron chi connectivity index (χ3n) is 3.09. The highest BCUT2D eigenvalue weighted by molar-refractivity contribution is 5.46. The molecule has 3 N–H and O–H groups in total. The smallest absolute Gasteiger partial charge is 0.139 e. The number of nitrogens with one attached hydrogen (secondary N) is 1. The normalized spacial score (nSPS) is 25.1. The van der Waals surface area contributed by atoms with Crippen LogP contribution in [0.15, 0.2) is 18.5 Å². The number of methoxy groups -OCH3 is 1. The highest BCUT2D eigenvalue weighted by atomic mass is 16.5. The van der Waals surface area contributed by atoms with Crippen LogP contribution in [0, 0.1) is 0 Å². The van der Waals surface area contributed by atoms with E-state index in [0.717, 1.165) is 37.1 Å². The van der Waals surface area contributed by atoms with Crippen LogP contribution in [0.1, 0.15) is 25.7 Å². The summed E-state index contributed by atoms with van der Waals surface area (Å²) in [6.07, 6.45) is 8.03. The summed E-state index contributed by atoms with van der Waals surface area (Å²) in [6, 6.07) is 2.89. The van der Waals surface area contributed by atoms with Gasteiger partial charge in [-0.3, -0.25) is 4.98 Å². The van der Waals surface area contributed by atoms with Crippen LogP contribution >= 0.6 is 0 Å². The second kappa shape index (κ2) is 5.16. The third kappa shape index (κ3) is 2.85. The molecule has 88 valence electrons. The Morgan fingerprint density at radius 2 is 2.06 bits per heavy atom. The topological polar surface area (TPSA) is 60.2 Å². The molecule has 1 aliphatic carbocycles. The molecule has 0 saturated heterocycles. The maximum absolute atomic E-state index is 5.88. The SMILES string of the molecule is COc1cncc(NC2CCC(N)CC2)c1.